The Morgan fingerprint density at radius 1 is 1.06 bits per heavy atom. The average Bonchev–Trinajstić information content (AvgIpc) is 3.55. The smallest absolute Gasteiger partial charge is 0.414 e. The summed E-state index contributed by atoms with van der Waals surface area (Å²) in [7, 11) is 1.36. The van der Waals surface area contributed by atoms with Crippen LogP contribution in [0.15, 0.2) is 30.6 Å². The van der Waals surface area contributed by atoms with Crippen molar-refractivity contribution in [1.29, 1.82) is 0 Å². The summed E-state index contributed by atoms with van der Waals surface area (Å²) in [5.74, 6) is 0. The van der Waals surface area contributed by atoms with Gasteiger partial charge in [0, 0.05) is 24.6 Å². The standard InChI is InChI=1S/C23H28N4O5/c1-15-13-25(22(28)32-19-7-9-31-10-8-19)21-11-16(3-6-20(21)27(15)23(29)30-2)17-12-24-26(14-17)18-4-5-18/h3,6,11-12,14-15,18-19H,4-5,7-10,13H2,1-2H3/t15-/m0/s1. The molecule has 170 valence electrons. The molecule has 2 aromatic rings. The minimum Gasteiger partial charge on any atom is -0.452 e. The fourth-order valence-corrected chi connectivity index (χ4v) is 4.38. The summed E-state index contributed by atoms with van der Waals surface area (Å²) in [6, 6.07) is 5.96. The molecule has 9 nitrogen and oxygen atoms in total. The van der Waals surface area contributed by atoms with Crippen molar-refractivity contribution in [2.45, 2.75) is 50.8 Å². The fourth-order valence-electron chi connectivity index (χ4n) is 4.38. The molecule has 2 fully saturated rings. The van der Waals surface area contributed by atoms with E-state index in [1.807, 2.05) is 42.2 Å². The van der Waals surface area contributed by atoms with Crippen molar-refractivity contribution in [3.63, 3.8) is 0 Å². The molecule has 0 N–H and O–H groups in total. The largest absolute Gasteiger partial charge is 0.452 e. The van der Waals surface area contributed by atoms with Crippen LogP contribution in [-0.2, 0) is 14.2 Å². The van der Waals surface area contributed by atoms with Gasteiger partial charge in [-0.1, -0.05) is 6.07 Å². The third kappa shape index (κ3) is 3.92. The quantitative estimate of drug-likeness (QED) is 0.718. The second-order valence-corrected chi connectivity index (χ2v) is 8.64. The minimum absolute atomic E-state index is 0.159. The number of amides is 2. The van der Waals surface area contributed by atoms with E-state index < -0.39 is 12.2 Å². The topological polar surface area (TPSA) is 86.1 Å². The van der Waals surface area contributed by atoms with Crippen LogP contribution in [0.2, 0.25) is 0 Å². The highest BCUT2D eigenvalue weighted by Crippen LogP contribution is 2.40. The molecule has 1 saturated carbocycles. The molecule has 1 saturated heterocycles. The van der Waals surface area contributed by atoms with Crippen LogP contribution in [0.3, 0.4) is 0 Å². The van der Waals surface area contributed by atoms with Crippen molar-refractivity contribution in [3.8, 4) is 11.1 Å². The maximum Gasteiger partial charge on any atom is 0.414 e. The third-order valence-electron chi connectivity index (χ3n) is 6.30. The Kier molecular flexibility index (Phi) is 5.50. The Hall–Kier alpha value is -3.07. The Morgan fingerprint density at radius 2 is 1.84 bits per heavy atom. The first-order valence-electron chi connectivity index (χ1n) is 11.2. The Bertz CT molecular complexity index is 1010. The van der Waals surface area contributed by atoms with Gasteiger partial charge in [0.2, 0.25) is 0 Å². The number of rotatable bonds is 3. The van der Waals surface area contributed by atoms with Gasteiger partial charge in [0.15, 0.2) is 0 Å². The van der Waals surface area contributed by atoms with Gasteiger partial charge in [0.05, 0.1) is 56.5 Å². The highest BCUT2D eigenvalue weighted by molar-refractivity contribution is 6.01. The SMILES string of the molecule is COC(=O)N1c2ccc(-c3cnn(C4CC4)c3)cc2N(C(=O)OC2CCOCC2)C[C@@H]1C. The molecule has 2 amide bonds. The molecule has 1 aromatic carbocycles. The van der Waals surface area contributed by atoms with Crippen LogP contribution in [0.5, 0.6) is 0 Å². The normalized spacial score (nSPS) is 21.2. The molecule has 5 rings (SSSR count). The Labute approximate surface area is 186 Å². The summed E-state index contributed by atoms with van der Waals surface area (Å²) >= 11 is 0. The molecule has 1 aromatic heterocycles. The molecule has 0 radical (unpaired) electrons. The molecule has 32 heavy (non-hydrogen) atoms. The molecule has 1 aliphatic carbocycles. The molecular formula is C23H28N4O5. The number of fused-ring (bicyclic) bond motifs is 1. The van der Waals surface area contributed by atoms with Crippen LogP contribution < -0.4 is 9.80 Å². The van der Waals surface area contributed by atoms with E-state index in [0.717, 1.165) is 24.0 Å². The summed E-state index contributed by atoms with van der Waals surface area (Å²) in [5, 5.41) is 4.48. The molecule has 2 aliphatic heterocycles. The summed E-state index contributed by atoms with van der Waals surface area (Å²) in [4.78, 5) is 28.9. The van der Waals surface area contributed by atoms with Crippen LogP contribution >= 0.6 is 0 Å². The van der Waals surface area contributed by atoms with Gasteiger partial charge in [-0.25, -0.2) is 9.59 Å². The van der Waals surface area contributed by atoms with Crippen LogP contribution in [0.25, 0.3) is 11.1 Å². The highest BCUT2D eigenvalue weighted by Gasteiger charge is 2.37. The van der Waals surface area contributed by atoms with Crippen molar-refractivity contribution in [3.05, 3.63) is 30.6 Å². The second-order valence-electron chi connectivity index (χ2n) is 8.64. The van der Waals surface area contributed by atoms with E-state index in [-0.39, 0.29) is 12.1 Å². The first-order chi connectivity index (χ1) is 15.5. The van der Waals surface area contributed by atoms with Crippen LogP contribution in [-0.4, -0.2) is 61.0 Å². The van der Waals surface area contributed by atoms with E-state index in [9.17, 15) is 9.59 Å². The third-order valence-corrected chi connectivity index (χ3v) is 6.30. The van der Waals surface area contributed by atoms with Gasteiger partial charge < -0.3 is 14.2 Å². The molecule has 0 unspecified atom stereocenters. The zero-order valence-corrected chi connectivity index (χ0v) is 18.4. The van der Waals surface area contributed by atoms with Crippen LogP contribution in [0.1, 0.15) is 38.6 Å². The number of carbonyl (C=O) groups excluding carboxylic acids is 2. The summed E-state index contributed by atoms with van der Waals surface area (Å²) in [6.07, 6.45) is 6.56. The number of aromatic nitrogens is 2. The predicted molar refractivity (Wildman–Crippen MR) is 118 cm³/mol. The van der Waals surface area contributed by atoms with Crippen molar-refractivity contribution in [2.75, 3.05) is 36.7 Å². The van der Waals surface area contributed by atoms with Crippen molar-refractivity contribution < 1.29 is 23.8 Å². The molecular weight excluding hydrogens is 412 g/mol. The Balaban J connectivity index is 1.49. The molecule has 0 bridgehead atoms. The number of ether oxygens (including phenoxy) is 3. The lowest BCUT2D eigenvalue weighted by Gasteiger charge is -2.40. The number of carbonyl (C=O) groups is 2. The van der Waals surface area contributed by atoms with Gasteiger partial charge in [0.25, 0.3) is 0 Å². The lowest BCUT2D eigenvalue weighted by Crippen LogP contribution is -2.52. The van der Waals surface area contributed by atoms with Crippen LogP contribution in [0.4, 0.5) is 21.0 Å². The van der Waals surface area contributed by atoms with Crippen molar-refractivity contribution in [1.82, 2.24) is 9.78 Å². The number of anilines is 2. The lowest BCUT2D eigenvalue weighted by atomic mass is 10.0. The molecule has 1 atom stereocenters. The summed E-state index contributed by atoms with van der Waals surface area (Å²) in [6.45, 7) is 3.39. The maximum absolute atomic E-state index is 13.2. The van der Waals surface area contributed by atoms with E-state index in [4.69, 9.17) is 14.2 Å². The van der Waals surface area contributed by atoms with Gasteiger partial charge in [0.1, 0.15) is 6.10 Å². The van der Waals surface area contributed by atoms with Gasteiger partial charge in [-0.15, -0.1) is 0 Å². The van der Waals surface area contributed by atoms with Crippen LogP contribution in [0, 0.1) is 0 Å². The highest BCUT2D eigenvalue weighted by atomic mass is 16.6. The summed E-state index contributed by atoms with van der Waals surface area (Å²) in [5.41, 5.74) is 3.15. The molecule has 0 spiro atoms. The van der Waals surface area contributed by atoms with E-state index in [2.05, 4.69) is 5.10 Å². The second kappa shape index (κ2) is 8.46. The number of benzene rings is 1. The number of hydrogen-bond acceptors (Lipinski definition) is 6. The minimum atomic E-state index is -0.453. The lowest BCUT2D eigenvalue weighted by molar-refractivity contribution is 0.00366. The van der Waals surface area contributed by atoms with E-state index in [1.165, 1.54) is 7.11 Å². The first-order valence-corrected chi connectivity index (χ1v) is 11.2. The fraction of sp³-hybridized carbons (Fsp3) is 0.522. The average molecular weight is 441 g/mol. The van der Waals surface area contributed by atoms with Gasteiger partial charge in [-0.05, 0) is 37.5 Å². The molecule has 3 aliphatic rings. The van der Waals surface area contributed by atoms with Crippen molar-refractivity contribution in [2.24, 2.45) is 0 Å². The maximum atomic E-state index is 13.2. The molecule has 3 heterocycles. The van der Waals surface area contributed by atoms with Crippen molar-refractivity contribution >= 4 is 23.6 Å². The predicted octanol–water partition coefficient (Wildman–Crippen LogP) is 3.98. The number of nitrogens with zero attached hydrogens (tertiary/aromatic N) is 4. The van der Waals surface area contributed by atoms with E-state index in [1.54, 1.807) is 9.80 Å². The zero-order chi connectivity index (χ0) is 22.2. The van der Waals surface area contributed by atoms with E-state index >= 15 is 0 Å². The van der Waals surface area contributed by atoms with Gasteiger partial charge in [-0.3, -0.25) is 14.5 Å². The van der Waals surface area contributed by atoms with E-state index in [0.29, 0.717) is 50.0 Å². The Morgan fingerprint density at radius 3 is 2.56 bits per heavy atom. The first kappa shape index (κ1) is 20.8. The zero-order valence-electron chi connectivity index (χ0n) is 18.4. The molecule has 9 heteroatoms. The number of hydrogen-bond donors (Lipinski definition) is 0. The monoisotopic (exact) mass is 440 g/mol. The van der Waals surface area contributed by atoms with Gasteiger partial charge >= 0.3 is 12.2 Å². The van der Waals surface area contributed by atoms with Gasteiger partial charge in [-0.2, -0.15) is 5.10 Å². The number of methoxy groups -OCH3 is 1. The summed E-state index contributed by atoms with van der Waals surface area (Å²) < 4.78 is 18.2.